The summed E-state index contributed by atoms with van der Waals surface area (Å²) in [5, 5.41) is 2.88. The second kappa shape index (κ2) is 7.47. The van der Waals surface area contributed by atoms with Gasteiger partial charge in [-0.1, -0.05) is 29.8 Å². The van der Waals surface area contributed by atoms with E-state index in [0.29, 0.717) is 11.4 Å². The van der Waals surface area contributed by atoms with Crippen molar-refractivity contribution in [3.05, 3.63) is 59.1 Å². The Morgan fingerprint density at radius 3 is 2.55 bits per heavy atom. The molecule has 0 unspecified atom stereocenters. The molecule has 0 saturated carbocycles. The van der Waals surface area contributed by atoms with Gasteiger partial charge in [0.05, 0.1) is 17.7 Å². The van der Waals surface area contributed by atoms with Crippen molar-refractivity contribution in [2.75, 3.05) is 19.0 Å². The third kappa shape index (κ3) is 4.23. The predicted octanol–water partition coefficient (Wildman–Crippen LogP) is 3.14. The summed E-state index contributed by atoms with van der Waals surface area (Å²) in [6, 6.07) is 13.6. The molecule has 0 aliphatic carbocycles. The Hall–Kier alpha value is -2.53. The third-order valence-corrected chi connectivity index (χ3v) is 3.10. The number of nitrogens with one attached hydrogen (secondary N) is 1. The summed E-state index contributed by atoms with van der Waals surface area (Å²) in [7, 11) is 1.26. The van der Waals surface area contributed by atoms with E-state index in [1.165, 1.54) is 19.2 Å². The summed E-state index contributed by atoms with van der Waals surface area (Å²) in [5.74, 6) is -0.312. The minimum Gasteiger partial charge on any atom is -0.484 e. The zero-order chi connectivity index (χ0) is 15.9. The van der Waals surface area contributed by atoms with E-state index < -0.39 is 5.97 Å². The van der Waals surface area contributed by atoms with Crippen LogP contribution in [0.25, 0.3) is 0 Å². The van der Waals surface area contributed by atoms with E-state index in [4.69, 9.17) is 16.3 Å². The van der Waals surface area contributed by atoms with Crippen molar-refractivity contribution in [3.63, 3.8) is 0 Å². The first-order valence-electron chi connectivity index (χ1n) is 6.45. The van der Waals surface area contributed by atoms with E-state index in [1.54, 1.807) is 18.2 Å². The van der Waals surface area contributed by atoms with Gasteiger partial charge in [0.2, 0.25) is 0 Å². The van der Waals surface area contributed by atoms with E-state index >= 15 is 0 Å². The van der Waals surface area contributed by atoms with Gasteiger partial charge in [-0.25, -0.2) is 4.79 Å². The molecule has 114 valence electrons. The topological polar surface area (TPSA) is 64.6 Å². The highest BCUT2D eigenvalue weighted by Crippen LogP contribution is 2.21. The summed E-state index contributed by atoms with van der Waals surface area (Å²) in [4.78, 5) is 23.4. The standard InChI is InChI=1S/C16H14ClNO4/c1-21-16(20)13-9-11(7-8-14(13)17)18-15(19)10-22-12-5-3-2-4-6-12/h2-9H,10H2,1H3,(H,18,19). The normalized spacial score (nSPS) is 9.91. The van der Waals surface area contributed by atoms with Crippen LogP contribution < -0.4 is 10.1 Å². The lowest BCUT2D eigenvalue weighted by molar-refractivity contribution is -0.118. The van der Waals surface area contributed by atoms with Gasteiger partial charge in [-0.15, -0.1) is 0 Å². The molecule has 0 atom stereocenters. The van der Waals surface area contributed by atoms with Crippen LogP contribution in [0.5, 0.6) is 5.75 Å². The summed E-state index contributed by atoms with van der Waals surface area (Å²) in [6.45, 7) is -0.139. The van der Waals surface area contributed by atoms with Crippen LogP contribution in [0.1, 0.15) is 10.4 Å². The lowest BCUT2D eigenvalue weighted by Crippen LogP contribution is -2.20. The van der Waals surface area contributed by atoms with Crippen molar-refractivity contribution < 1.29 is 19.1 Å². The third-order valence-electron chi connectivity index (χ3n) is 2.77. The molecule has 0 aliphatic heterocycles. The van der Waals surface area contributed by atoms with Gasteiger partial charge in [-0.3, -0.25) is 4.79 Å². The number of carbonyl (C=O) groups is 2. The average molecular weight is 320 g/mol. The molecule has 6 heteroatoms. The maximum Gasteiger partial charge on any atom is 0.339 e. The van der Waals surface area contributed by atoms with Gasteiger partial charge in [0.1, 0.15) is 5.75 Å². The fraction of sp³-hybridized carbons (Fsp3) is 0.125. The van der Waals surface area contributed by atoms with Crippen LogP contribution in [0.4, 0.5) is 5.69 Å². The number of rotatable bonds is 5. The first kappa shape index (κ1) is 15.9. The minimum atomic E-state index is -0.568. The zero-order valence-electron chi connectivity index (χ0n) is 11.8. The smallest absolute Gasteiger partial charge is 0.339 e. The second-order valence-electron chi connectivity index (χ2n) is 4.34. The lowest BCUT2D eigenvalue weighted by atomic mass is 10.2. The number of carbonyl (C=O) groups excluding carboxylic acids is 2. The number of para-hydroxylation sites is 1. The van der Waals surface area contributed by atoms with Crippen LogP contribution in [0.15, 0.2) is 48.5 Å². The number of hydrogen-bond donors (Lipinski definition) is 1. The first-order chi connectivity index (χ1) is 10.6. The molecule has 2 aromatic carbocycles. The number of esters is 1. The molecule has 1 N–H and O–H groups in total. The van der Waals surface area contributed by atoms with Crippen LogP contribution in [0, 0.1) is 0 Å². The van der Waals surface area contributed by atoms with E-state index in [2.05, 4.69) is 10.1 Å². The highest BCUT2D eigenvalue weighted by molar-refractivity contribution is 6.33. The first-order valence-corrected chi connectivity index (χ1v) is 6.83. The summed E-state index contributed by atoms with van der Waals surface area (Å²) in [6.07, 6.45) is 0. The Morgan fingerprint density at radius 1 is 1.14 bits per heavy atom. The number of amides is 1. The van der Waals surface area contributed by atoms with E-state index in [1.807, 2.05) is 18.2 Å². The molecule has 0 bridgehead atoms. The highest BCUT2D eigenvalue weighted by atomic mass is 35.5. The SMILES string of the molecule is COC(=O)c1cc(NC(=O)COc2ccccc2)ccc1Cl. The largest absolute Gasteiger partial charge is 0.484 e. The number of anilines is 1. The van der Waals surface area contributed by atoms with Crippen molar-refractivity contribution in [2.24, 2.45) is 0 Å². The molecular formula is C16H14ClNO4. The van der Waals surface area contributed by atoms with E-state index in [0.717, 1.165) is 0 Å². The van der Waals surface area contributed by atoms with Gasteiger partial charge in [-0.05, 0) is 30.3 Å². The molecule has 0 aliphatic rings. The van der Waals surface area contributed by atoms with Crippen molar-refractivity contribution in [2.45, 2.75) is 0 Å². The molecule has 0 saturated heterocycles. The maximum absolute atomic E-state index is 11.8. The Kier molecular flexibility index (Phi) is 5.38. The Balaban J connectivity index is 1.98. The molecule has 2 rings (SSSR count). The Labute approximate surface area is 132 Å². The molecule has 2 aromatic rings. The molecule has 0 radical (unpaired) electrons. The highest BCUT2D eigenvalue weighted by Gasteiger charge is 2.12. The van der Waals surface area contributed by atoms with Crippen molar-refractivity contribution in [1.82, 2.24) is 0 Å². The molecule has 0 aromatic heterocycles. The van der Waals surface area contributed by atoms with Crippen molar-refractivity contribution in [3.8, 4) is 5.75 Å². The lowest BCUT2D eigenvalue weighted by Gasteiger charge is -2.09. The number of hydrogen-bond acceptors (Lipinski definition) is 4. The van der Waals surface area contributed by atoms with Crippen LogP contribution >= 0.6 is 11.6 Å². The van der Waals surface area contributed by atoms with Crippen LogP contribution in [-0.2, 0) is 9.53 Å². The number of ether oxygens (including phenoxy) is 2. The molecular weight excluding hydrogens is 306 g/mol. The number of halogens is 1. The molecule has 1 amide bonds. The number of methoxy groups -OCH3 is 1. The van der Waals surface area contributed by atoms with Crippen molar-refractivity contribution >= 4 is 29.2 Å². The monoisotopic (exact) mass is 319 g/mol. The molecule has 22 heavy (non-hydrogen) atoms. The maximum atomic E-state index is 11.8. The molecule has 0 spiro atoms. The van der Waals surface area contributed by atoms with Crippen LogP contribution in [0.2, 0.25) is 5.02 Å². The molecule has 0 fully saturated rings. The van der Waals surface area contributed by atoms with E-state index in [-0.39, 0.29) is 23.1 Å². The van der Waals surface area contributed by atoms with Crippen LogP contribution in [-0.4, -0.2) is 25.6 Å². The average Bonchev–Trinajstić information content (AvgIpc) is 2.55. The summed E-state index contributed by atoms with van der Waals surface area (Å²) < 4.78 is 9.95. The number of benzene rings is 2. The quantitative estimate of drug-likeness (QED) is 0.860. The van der Waals surface area contributed by atoms with Gasteiger partial charge >= 0.3 is 5.97 Å². The second-order valence-corrected chi connectivity index (χ2v) is 4.74. The Morgan fingerprint density at radius 2 is 1.86 bits per heavy atom. The fourth-order valence-electron chi connectivity index (χ4n) is 1.73. The van der Waals surface area contributed by atoms with Crippen LogP contribution in [0.3, 0.4) is 0 Å². The predicted molar refractivity (Wildman–Crippen MR) is 83.4 cm³/mol. The zero-order valence-corrected chi connectivity index (χ0v) is 12.6. The van der Waals surface area contributed by atoms with Gasteiger partial charge in [0, 0.05) is 5.69 Å². The van der Waals surface area contributed by atoms with Crippen molar-refractivity contribution in [1.29, 1.82) is 0 Å². The summed E-state index contributed by atoms with van der Waals surface area (Å²) in [5.41, 5.74) is 0.623. The van der Waals surface area contributed by atoms with E-state index in [9.17, 15) is 9.59 Å². The van der Waals surface area contributed by atoms with Gasteiger partial charge in [0.15, 0.2) is 6.61 Å². The Bertz CT molecular complexity index is 673. The minimum absolute atomic E-state index is 0.139. The summed E-state index contributed by atoms with van der Waals surface area (Å²) >= 11 is 5.91. The fourth-order valence-corrected chi connectivity index (χ4v) is 1.93. The molecule has 5 nitrogen and oxygen atoms in total. The molecule has 0 heterocycles. The van der Waals surface area contributed by atoms with Gasteiger partial charge in [0.25, 0.3) is 5.91 Å². The van der Waals surface area contributed by atoms with Gasteiger partial charge < -0.3 is 14.8 Å². The van der Waals surface area contributed by atoms with Gasteiger partial charge in [-0.2, -0.15) is 0 Å².